The van der Waals surface area contributed by atoms with Gasteiger partial charge in [-0.15, -0.1) is 10.2 Å². The average molecular weight is 829 g/mol. The number of carbonyl (C=O) groups is 8. The van der Waals surface area contributed by atoms with Crippen molar-refractivity contribution < 1.29 is 85.7 Å². The summed E-state index contributed by atoms with van der Waals surface area (Å²) in [4.78, 5) is 99.3. The van der Waals surface area contributed by atoms with Crippen molar-refractivity contribution >= 4 is 59.5 Å². The fraction of sp³-hybridized carbons (Fsp3) is 0.625. The van der Waals surface area contributed by atoms with E-state index in [1.54, 1.807) is 0 Å². The van der Waals surface area contributed by atoms with Crippen LogP contribution in [0, 0.1) is 0 Å². The summed E-state index contributed by atoms with van der Waals surface area (Å²) in [7, 11) is 2.21. The first kappa shape index (κ1) is 44.0. The first-order chi connectivity index (χ1) is 26.9. The summed E-state index contributed by atoms with van der Waals surface area (Å²) in [5.41, 5.74) is -3.46. The molecule has 0 aromatic carbocycles. The third kappa shape index (κ3) is 11.2. The van der Waals surface area contributed by atoms with Crippen molar-refractivity contribution in [3.63, 3.8) is 0 Å². The van der Waals surface area contributed by atoms with Crippen molar-refractivity contribution in [1.29, 1.82) is 0 Å². The minimum absolute atomic E-state index is 0.287. The molecule has 0 N–H and O–H groups in total. The van der Waals surface area contributed by atoms with Gasteiger partial charge in [0.1, 0.15) is 48.4 Å². The average Bonchev–Trinajstić information content (AvgIpc) is 3.82. The summed E-state index contributed by atoms with van der Waals surface area (Å²) in [6, 6.07) is -2.74. The second kappa shape index (κ2) is 19.4. The van der Waals surface area contributed by atoms with Gasteiger partial charge in [0.25, 0.3) is 0 Å². The van der Waals surface area contributed by atoms with E-state index in [2.05, 4.69) is 20.6 Å². The fourth-order valence-corrected chi connectivity index (χ4v) is 7.38. The zero-order valence-electron chi connectivity index (χ0n) is 31.8. The molecule has 0 aliphatic carbocycles. The lowest BCUT2D eigenvalue weighted by Crippen LogP contribution is -2.61. The van der Waals surface area contributed by atoms with Crippen LogP contribution in [0.4, 0.5) is 0 Å². The van der Waals surface area contributed by atoms with Crippen LogP contribution in [-0.4, -0.2) is 153 Å². The molecule has 0 saturated carbocycles. The Kier molecular flexibility index (Phi) is 15.0. The number of aromatic nitrogens is 6. The van der Waals surface area contributed by atoms with Gasteiger partial charge < -0.3 is 47.4 Å². The van der Waals surface area contributed by atoms with E-state index in [0.717, 1.165) is 89.3 Å². The summed E-state index contributed by atoms with van der Waals surface area (Å²) in [6.07, 6.45) is -6.32. The number of hydrogen-bond donors (Lipinski definition) is 0. The van der Waals surface area contributed by atoms with Crippen molar-refractivity contribution in [2.45, 2.75) is 101 Å². The summed E-state index contributed by atoms with van der Waals surface area (Å²) >= 11 is 0.724. The molecular formula is C32H40N6O18S. The summed E-state index contributed by atoms with van der Waals surface area (Å²) < 4.78 is 57.7. The predicted octanol–water partition coefficient (Wildman–Crippen LogP) is -0.739. The van der Waals surface area contributed by atoms with Crippen LogP contribution in [0.1, 0.15) is 74.6 Å². The molecule has 2 fully saturated rings. The number of rotatable bonds is 14. The van der Waals surface area contributed by atoms with Gasteiger partial charge in [-0.3, -0.25) is 28.8 Å². The maximum atomic E-state index is 12.8. The molecule has 312 valence electrons. The second-order valence-corrected chi connectivity index (χ2v) is 13.5. The van der Waals surface area contributed by atoms with Gasteiger partial charge in [0, 0.05) is 41.5 Å². The third-order valence-electron chi connectivity index (χ3n) is 8.03. The summed E-state index contributed by atoms with van der Waals surface area (Å²) in [5.74, 6) is -6.67. The predicted molar refractivity (Wildman–Crippen MR) is 181 cm³/mol. The molecule has 4 rings (SSSR count). The van der Waals surface area contributed by atoms with E-state index in [1.165, 1.54) is 0 Å². The first-order valence-corrected chi connectivity index (χ1v) is 17.8. The quantitative estimate of drug-likeness (QED) is 0.167. The Bertz CT molecular complexity index is 1710. The Morgan fingerprint density at radius 1 is 0.561 bits per heavy atom. The number of hydrogen-bond acceptors (Lipinski definition) is 23. The molecule has 57 heavy (non-hydrogen) atoms. The molecule has 0 spiro atoms. The van der Waals surface area contributed by atoms with Gasteiger partial charge in [0.2, 0.25) is 0 Å². The summed E-state index contributed by atoms with van der Waals surface area (Å²) in [6.45, 7) is 5.48. The number of esters is 8. The highest BCUT2D eigenvalue weighted by molar-refractivity contribution is 8.00. The van der Waals surface area contributed by atoms with Crippen LogP contribution in [-0.2, 0) is 76.1 Å². The topological polar surface area (TPSA) is 290 Å². The molecule has 2 aromatic heterocycles. The molecule has 4 heterocycles. The molecule has 2 aliphatic heterocycles. The van der Waals surface area contributed by atoms with E-state index in [9.17, 15) is 38.4 Å². The molecule has 2 aromatic rings. The van der Waals surface area contributed by atoms with Crippen molar-refractivity contribution in [3.05, 3.63) is 23.8 Å². The highest BCUT2D eigenvalue weighted by atomic mass is 32.2. The van der Waals surface area contributed by atoms with Gasteiger partial charge in [-0.05, 0) is 0 Å². The lowest BCUT2D eigenvalue weighted by molar-refractivity contribution is -0.217. The van der Waals surface area contributed by atoms with E-state index in [4.69, 9.17) is 47.4 Å². The molecule has 10 atom stereocenters. The van der Waals surface area contributed by atoms with Gasteiger partial charge in [-0.1, -0.05) is 22.2 Å². The number of carbonyl (C=O) groups excluding carboxylic acids is 8. The van der Waals surface area contributed by atoms with Crippen LogP contribution in [0.3, 0.4) is 0 Å². The number of methoxy groups -OCH3 is 2. The van der Waals surface area contributed by atoms with E-state index >= 15 is 0 Å². The highest BCUT2D eigenvalue weighted by Crippen LogP contribution is 2.45. The molecule has 25 heteroatoms. The Morgan fingerprint density at radius 2 is 0.895 bits per heavy atom. The van der Waals surface area contributed by atoms with E-state index in [-0.39, 0.29) is 11.4 Å². The lowest BCUT2D eigenvalue weighted by Gasteiger charge is -2.48. The molecular weight excluding hydrogens is 788 g/mol. The molecule has 2 saturated heterocycles. The largest absolute Gasteiger partial charge is 0.464 e. The van der Waals surface area contributed by atoms with Crippen LogP contribution >= 0.6 is 11.8 Å². The SMILES string of the molecule is COC(=O)c1cn([C@@H]2[C@@H](OC(C)=O)[C@@H](COC(C)=O)O[C@@H](S[C@@H]3O[C@H](COC(C)=O)[C@H](OC(C)=O)[C@@H](n4cc(C(=O)OC)nn4)[C@H]3OC(C)=O)[C@@H]2OC(C)=O)nn1. The van der Waals surface area contributed by atoms with Gasteiger partial charge >= 0.3 is 47.8 Å². The zero-order chi connectivity index (χ0) is 42.1. The van der Waals surface area contributed by atoms with Gasteiger partial charge in [0.15, 0.2) is 35.8 Å². The van der Waals surface area contributed by atoms with Crippen molar-refractivity contribution in [2.24, 2.45) is 0 Å². The Labute approximate surface area is 327 Å². The smallest absolute Gasteiger partial charge is 0.360 e. The van der Waals surface area contributed by atoms with Gasteiger partial charge in [-0.2, -0.15) is 0 Å². The van der Waals surface area contributed by atoms with Gasteiger partial charge in [-0.25, -0.2) is 19.0 Å². The van der Waals surface area contributed by atoms with Crippen LogP contribution in [0.25, 0.3) is 0 Å². The number of thioether (sulfide) groups is 1. The fourth-order valence-electron chi connectivity index (χ4n) is 5.96. The van der Waals surface area contributed by atoms with E-state index in [0.29, 0.717) is 0 Å². The minimum atomic E-state index is -1.52. The van der Waals surface area contributed by atoms with Crippen LogP contribution in [0.15, 0.2) is 12.4 Å². The number of ether oxygens (including phenoxy) is 10. The van der Waals surface area contributed by atoms with Crippen LogP contribution in [0.5, 0.6) is 0 Å². The third-order valence-corrected chi connectivity index (χ3v) is 9.33. The monoisotopic (exact) mass is 828 g/mol. The molecule has 0 unspecified atom stereocenters. The Morgan fingerprint density at radius 3 is 1.19 bits per heavy atom. The van der Waals surface area contributed by atoms with Crippen LogP contribution < -0.4 is 0 Å². The van der Waals surface area contributed by atoms with E-state index in [1.807, 2.05) is 0 Å². The first-order valence-electron chi connectivity index (χ1n) is 16.9. The van der Waals surface area contributed by atoms with Crippen molar-refractivity contribution in [3.8, 4) is 0 Å². The van der Waals surface area contributed by atoms with Crippen molar-refractivity contribution in [2.75, 3.05) is 27.4 Å². The maximum absolute atomic E-state index is 12.8. The maximum Gasteiger partial charge on any atom is 0.360 e. The lowest BCUT2D eigenvalue weighted by atomic mass is 9.96. The standard InChI is InChI=1S/C32H40N6O18S/c1-13(39)49-11-21-25(51-15(3)41)23(37-9-19(33-35-37)29(45)47-7)27(53-17(5)43)31(55-21)57-32-28(54-18(6)44)24(38-10-20(34-36-38)30(46)48-8)26(52-16(4)42)22(56-32)12-50-14(2)40/h9-10,21-28,31-32H,11-12H2,1-8H3/t21-,22-,23-,24-,25+,26+,27-,28-,31+,32+/m1/s1. The summed E-state index contributed by atoms with van der Waals surface area (Å²) in [5, 5.41) is 15.7. The molecule has 0 radical (unpaired) electrons. The molecule has 24 nitrogen and oxygen atoms in total. The Hall–Kier alpha value is -5.69. The second-order valence-electron chi connectivity index (χ2n) is 12.3. The minimum Gasteiger partial charge on any atom is -0.464 e. The van der Waals surface area contributed by atoms with Crippen molar-refractivity contribution in [1.82, 2.24) is 30.0 Å². The normalized spacial score (nSPS) is 26.9. The molecule has 2 aliphatic rings. The van der Waals surface area contributed by atoms with Crippen LogP contribution in [0.2, 0.25) is 0 Å². The Balaban J connectivity index is 1.91. The van der Waals surface area contributed by atoms with Gasteiger partial charge in [0.05, 0.1) is 26.6 Å². The zero-order valence-corrected chi connectivity index (χ0v) is 32.6. The molecule has 0 amide bonds. The molecule has 0 bridgehead atoms. The number of nitrogens with zero attached hydrogens (tertiary/aromatic N) is 6. The highest BCUT2D eigenvalue weighted by Gasteiger charge is 2.57. The van der Waals surface area contributed by atoms with E-state index < -0.39 is 121 Å².